The topological polar surface area (TPSA) is 3.24 Å². The first-order valence-corrected chi connectivity index (χ1v) is 6.32. The van der Waals surface area contributed by atoms with Crippen molar-refractivity contribution in [3.8, 4) is 0 Å². The van der Waals surface area contributed by atoms with E-state index in [1.807, 2.05) is 0 Å². The average molecular weight is 195 g/mol. The van der Waals surface area contributed by atoms with Crippen molar-refractivity contribution in [3.05, 3.63) is 0 Å². The zero-order valence-corrected chi connectivity index (χ0v) is 10.1. The zero-order chi connectivity index (χ0) is 10.2. The van der Waals surface area contributed by atoms with E-state index < -0.39 is 0 Å². The van der Waals surface area contributed by atoms with Crippen LogP contribution in [0.15, 0.2) is 0 Å². The van der Waals surface area contributed by atoms with Gasteiger partial charge in [0, 0.05) is 12.6 Å². The lowest BCUT2D eigenvalue weighted by Crippen LogP contribution is -2.37. The largest absolute Gasteiger partial charge is 0.303 e. The lowest BCUT2D eigenvalue weighted by atomic mass is 9.83. The lowest BCUT2D eigenvalue weighted by Gasteiger charge is -2.35. The van der Waals surface area contributed by atoms with E-state index in [1.54, 1.807) is 0 Å². The van der Waals surface area contributed by atoms with Crippen molar-refractivity contribution in [1.82, 2.24) is 4.90 Å². The lowest BCUT2D eigenvalue weighted by molar-refractivity contribution is 0.145. The van der Waals surface area contributed by atoms with E-state index in [2.05, 4.69) is 25.8 Å². The van der Waals surface area contributed by atoms with Crippen LogP contribution in [-0.2, 0) is 0 Å². The van der Waals surface area contributed by atoms with Crippen molar-refractivity contribution in [3.63, 3.8) is 0 Å². The number of nitrogens with zero attached hydrogens (tertiary/aromatic N) is 1. The molecule has 0 unspecified atom stereocenters. The standard InChI is InChI=1S/C13H25N/c1-11(2)10-14(3)12-4-6-13(7-5-12)8-9-13/h11-12H,4-10H2,1-3H3. The molecule has 1 heteroatoms. The van der Waals surface area contributed by atoms with Crippen LogP contribution in [0.2, 0.25) is 0 Å². The molecule has 2 aliphatic rings. The molecule has 0 aromatic heterocycles. The molecule has 1 spiro atoms. The van der Waals surface area contributed by atoms with Gasteiger partial charge in [0.15, 0.2) is 0 Å². The summed E-state index contributed by atoms with van der Waals surface area (Å²) in [5.41, 5.74) is 0.856. The fourth-order valence-corrected chi connectivity index (χ4v) is 3.06. The summed E-state index contributed by atoms with van der Waals surface area (Å²) in [7, 11) is 2.32. The SMILES string of the molecule is CC(C)CN(C)C1CCC2(CC1)CC2. The highest BCUT2D eigenvalue weighted by molar-refractivity contribution is 4.97. The van der Waals surface area contributed by atoms with Gasteiger partial charge in [0.1, 0.15) is 0 Å². The molecule has 0 aromatic carbocycles. The molecule has 0 radical (unpaired) electrons. The van der Waals surface area contributed by atoms with Gasteiger partial charge in [-0.2, -0.15) is 0 Å². The summed E-state index contributed by atoms with van der Waals surface area (Å²) >= 11 is 0. The Kier molecular flexibility index (Phi) is 2.88. The molecule has 1 nitrogen and oxygen atoms in total. The first kappa shape index (κ1) is 10.5. The van der Waals surface area contributed by atoms with Gasteiger partial charge in [-0.1, -0.05) is 13.8 Å². The van der Waals surface area contributed by atoms with Crippen LogP contribution in [0.4, 0.5) is 0 Å². The van der Waals surface area contributed by atoms with E-state index in [0.717, 1.165) is 17.4 Å². The van der Waals surface area contributed by atoms with E-state index >= 15 is 0 Å². The Morgan fingerprint density at radius 3 is 2.14 bits per heavy atom. The maximum atomic E-state index is 2.60. The maximum absolute atomic E-state index is 2.60. The van der Waals surface area contributed by atoms with E-state index in [-0.39, 0.29) is 0 Å². The maximum Gasteiger partial charge on any atom is 0.00927 e. The average Bonchev–Trinajstić information content (AvgIpc) is 2.85. The third-order valence-electron chi connectivity index (χ3n) is 4.25. The Labute approximate surface area is 88.9 Å². The van der Waals surface area contributed by atoms with Crippen LogP contribution in [0.5, 0.6) is 0 Å². The van der Waals surface area contributed by atoms with Crippen LogP contribution in [0.25, 0.3) is 0 Å². The quantitative estimate of drug-likeness (QED) is 0.668. The highest BCUT2D eigenvalue weighted by Gasteiger charge is 2.45. The molecule has 0 aromatic rings. The molecular weight excluding hydrogens is 170 g/mol. The molecule has 2 saturated carbocycles. The molecule has 0 amide bonds. The summed E-state index contributed by atoms with van der Waals surface area (Å²) in [5.74, 6) is 0.816. The molecule has 0 atom stereocenters. The minimum absolute atomic E-state index is 0.816. The first-order valence-electron chi connectivity index (χ1n) is 6.32. The van der Waals surface area contributed by atoms with Crippen molar-refractivity contribution >= 4 is 0 Å². The van der Waals surface area contributed by atoms with E-state index in [4.69, 9.17) is 0 Å². The number of rotatable bonds is 3. The van der Waals surface area contributed by atoms with Crippen molar-refractivity contribution in [1.29, 1.82) is 0 Å². The summed E-state index contributed by atoms with van der Waals surface area (Å²) in [5, 5.41) is 0. The third kappa shape index (κ3) is 2.31. The van der Waals surface area contributed by atoms with Gasteiger partial charge < -0.3 is 4.90 Å². The Morgan fingerprint density at radius 2 is 1.71 bits per heavy atom. The zero-order valence-electron chi connectivity index (χ0n) is 10.1. The van der Waals surface area contributed by atoms with E-state index in [1.165, 1.54) is 45.1 Å². The highest BCUT2D eigenvalue weighted by atomic mass is 15.1. The van der Waals surface area contributed by atoms with Gasteiger partial charge in [-0.15, -0.1) is 0 Å². The van der Waals surface area contributed by atoms with Crippen LogP contribution in [0, 0.1) is 11.3 Å². The smallest absolute Gasteiger partial charge is 0.00927 e. The highest BCUT2D eigenvalue weighted by Crippen LogP contribution is 2.56. The van der Waals surface area contributed by atoms with Gasteiger partial charge in [0.05, 0.1) is 0 Å². The van der Waals surface area contributed by atoms with Crippen molar-refractivity contribution in [2.24, 2.45) is 11.3 Å². The Morgan fingerprint density at radius 1 is 1.14 bits per heavy atom. The summed E-state index contributed by atoms with van der Waals surface area (Å²) in [6, 6.07) is 0.892. The fourth-order valence-electron chi connectivity index (χ4n) is 3.06. The normalized spacial score (nSPS) is 26.4. The van der Waals surface area contributed by atoms with Crippen molar-refractivity contribution in [2.75, 3.05) is 13.6 Å². The van der Waals surface area contributed by atoms with Crippen molar-refractivity contribution in [2.45, 2.75) is 58.4 Å². The van der Waals surface area contributed by atoms with Gasteiger partial charge in [-0.05, 0) is 56.9 Å². The van der Waals surface area contributed by atoms with E-state index in [9.17, 15) is 0 Å². The summed E-state index contributed by atoms with van der Waals surface area (Å²) in [4.78, 5) is 2.60. The minimum Gasteiger partial charge on any atom is -0.303 e. The van der Waals surface area contributed by atoms with Crippen LogP contribution in [0.3, 0.4) is 0 Å². The molecule has 0 N–H and O–H groups in total. The van der Waals surface area contributed by atoms with Crippen LogP contribution < -0.4 is 0 Å². The number of hydrogen-bond acceptors (Lipinski definition) is 1. The van der Waals surface area contributed by atoms with Gasteiger partial charge >= 0.3 is 0 Å². The summed E-state index contributed by atoms with van der Waals surface area (Å²) in [6.45, 7) is 5.92. The molecule has 2 rings (SSSR count). The van der Waals surface area contributed by atoms with Gasteiger partial charge in [-0.25, -0.2) is 0 Å². The summed E-state index contributed by atoms with van der Waals surface area (Å²) < 4.78 is 0. The Balaban J connectivity index is 1.76. The van der Waals surface area contributed by atoms with Gasteiger partial charge in [0.25, 0.3) is 0 Å². The van der Waals surface area contributed by atoms with Crippen LogP contribution >= 0.6 is 0 Å². The molecule has 2 fully saturated rings. The minimum atomic E-state index is 0.816. The molecule has 2 aliphatic carbocycles. The van der Waals surface area contributed by atoms with Gasteiger partial charge in [0.2, 0.25) is 0 Å². The van der Waals surface area contributed by atoms with Crippen LogP contribution in [-0.4, -0.2) is 24.5 Å². The van der Waals surface area contributed by atoms with Crippen LogP contribution in [0.1, 0.15) is 52.4 Å². The predicted molar refractivity (Wildman–Crippen MR) is 61.4 cm³/mol. The molecule has 14 heavy (non-hydrogen) atoms. The summed E-state index contributed by atoms with van der Waals surface area (Å²) in [6.07, 6.45) is 9.02. The Hall–Kier alpha value is -0.0400. The molecule has 0 heterocycles. The molecule has 0 aliphatic heterocycles. The van der Waals surface area contributed by atoms with Crippen molar-refractivity contribution < 1.29 is 0 Å². The second-order valence-electron chi connectivity index (χ2n) is 6.06. The molecule has 0 bridgehead atoms. The Bertz CT molecular complexity index is 183. The molecule has 82 valence electrons. The molecular formula is C13H25N. The first-order chi connectivity index (χ1) is 6.61. The monoisotopic (exact) mass is 195 g/mol. The van der Waals surface area contributed by atoms with Gasteiger partial charge in [-0.3, -0.25) is 0 Å². The number of hydrogen-bond donors (Lipinski definition) is 0. The molecule has 0 saturated heterocycles. The second-order valence-corrected chi connectivity index (χ2v) is 6.06. The van der Waals surface area contributed by atoms with E-state index in [0.29, 0.717) is 0 Å². The second kappa shape index (κ2) is 3.84. The third-order valence-corrected chi connectivity index (χ3v) is 4.25. The fraction of sp³-hybridized carbons (Fsp3) is 1.00. The predicted octanol–water partition coefficient (Wildman–Crippen LogP) is 3.30.